The molecule has 0 aliphatic heterocycles. The predicted molar refractivity (Wildman–Crippen MR) is 116 cm³/mol. The van der Waals surface area contributed by atoms with E-state index >= 15 is 0 Å². The van der Waals surface area contributed by atoms with Crippen LogP contribution in [0.15, 0.2) is 72.8 Å². The molecule has 0 amide bonds. The van der Waals surface area contributed by atoms with Crippen molar-refractivity contribution in [3.63, 3.8) is 0 Å². The third kappa shape index (κ3) is 6.02. The minimum Gasteiger partial charge on any atom is -0.429 e. The maximum Gasteiger partial charge on any atom is 0.426 e. The van der Waals surface area contributed by atoms with E-state index in [1.54, 1.807) is 24.3 Å². The molecule has 2 nitrogen and oxygen atoms in total. The van der Waals surface area contributed by atoms with Crippen LogP contribution in [0.25, 0.3) is 0 Å². The van der Waals surface area contributed by atoms with Gasteiger partial charge in [-0.05, 0) is 72.5 Å². The first-order valence-electron chi connectivity index (χ1n) is 10.7. The molecule has 6 heteroatoms. The van der Waals surface area contributed by atoms with E-state index < -0.39 is 23.3 Å². The van der Waals surface area contributed by atoms with Gasteiger partial charge >= 0.3 is 12.2 Å². The standard InChI is InChI=1S/C26H26F4O2/c1-3-5-19-7-15-23(16-8-19)31-25(27,28)21-11-13-22(14-12-21)26(29,30)32-24-17-9-20(6-4-2)10-18-24/h7-18H,3-6H2,1-2H3. The lowest BCUT2D eigenvalue weighted by Crippen LogP contribution is -2.24. The zero-order valence-corrected chi connectivity index (χ0v) is 18.1. The topological polar surface area (TPSA) is 18.5 Å². The average Bonchev–Trinajstić information content (AvgIpc) is 2.77. The van der Waals surface area contributed by atoms with Crippen molar-refractivity contribution in [2.24, 2.45) is 0 Å². The quantitative estimate of drug-likeness (QED) is 0.295. The molecule has 0 saturated heterocycles. The highest BCUT2D eigenvalue weighted by molar-refractivity contribution is 5.32. The highest BCUT2D eigenvalue weighted by atomic mass is 19.3. The Morgan fingerprint density at radius 1 is 0.531 bits per heavy atom. The Balaban J connectivity index is 1.69. The summed E-state index contributed by atoms with van der Waals surface area (Å²) in [6, 6.07) is 16.5. The van der Waals surface area contributed by atoms with Crippen LogP contribution in [0.2, 0.25) is 0 Å². The average molecular weight is 446 g/mol. The lowest BCUT2D eigenvalue weighted by molar-refractivity contribution is -0.188. The maximum atomic E-state index is 14.5. The van der Waals surface area contributed by atoms with Crippen molar-refractivity contribution in [1.29, 1.82) is 0 Å². The van der Waals surface area contributed by atoms with Gasteiger partial charge in [0, 0.05) is 0 Å². The highest BCUT2D eigenvalue weighted by Gasteiger charge is 2.38. The third-order valence-electron chi connectivity index (χ3n) is 4.97. The number of ether oxygens (including phenoxy) is 2. The molecule has 3 aromatic rings. The van der Waals surface area contributed by atoms with Gasteiger partial charge < -0.3 is 9.47 Å². The molecule has 0 atom stereocenters. The summed E-state index contributed by atoms with van der Waals surface area (Å²) in [6.07, 6.45) is -3.76. The van der Waals surface area contributed by atoms with Crippen LogP contribution in [0.1, 0.15) is 48.9 Å². The monoisotopic (exact) mass is 446 g/mol. The lowest BCUT2D eigenvalue weighted by atomic mass is 10.1. The Hall–Kier alpha value is -3.02. The van der Waals surface area contributed by atoms with Gasteiger partial charge in [0.05, 0.1) is 11.1 Å². The van der Waals surface area contributed by atoms with Gasteiger partial charge in [0.2, 0.25) is 0 Å². The van der Waals surface area contributed by atoms with E-state index in [0.29, 0.717) is 0 Å². The third-order valence-corrected chi connectivity index (χ3v) is 4.97. The van der Waals surface area contributed by atoms with Crippen LogP contribution < -0.4 is 9.47 Å². The molecule has 0 aliphatic carbocycles. The number of halogens is 4. The van der Waals surface area contributed by atoms with E-state index in [9.17, 15) is 17.6 Å². The van der Waals surface area contributed by atoms with Crippen molar-refractivity contribution < 1.29 is 27.0 Å². The molecule has 170 valence electrons. The van der Waals surface area contributed by atoms with Gasteiger partial charge in [-0.1, -0.05) is 51.0 Å². The van der Waals surface area contributed by atoms with Gasteiger partial charge in [-0.15, -0.1) is 0 Å². The molecule has 0 aromatic heterocycles. The number of benzene rings is 3. The van der Waals surface area contributed by atoms with E-state index in [2.05, 4.69) is 0 Å². The van der Waals surface area contributed by atoms with Gasteiger partial charge in [0.15, 0.2) is 0 Å². The summed E-state index contributed by atoms with van der Waals surface area (Å²) in [4.78, 5) is 0. The molecule has 0 N–H and O–H groups in total. The molecular formula is C26H26F4O2. The summed E-state index contributed by atoms with van der Waals surface area (Å²) in [7, 11) is 0. The number of aryl methyl sites for hydroxylation is 2. The van der Waals surface area contributed by atoms with Gasteiger partial charge in [0.25, 0.3) is 0 Å². The fraction of sp³-hybridized carbons (Fsp3) is 0.308. The van der Waals surface area contributed by atoms with Crippen molar-refractivity contribution in [2.75, 3.05) is 0 Å². The van der Waals surface area contributed by atoms with E-state index in [-0.39, 0.29) is 11.5 Å². The van der Waals surface area contributed by atoms with Crippen LogP contribution in [-0.2, 0) is 25.1 Å². The van der Waals surface area contributed by atoms with Crippen LogP contribution >= 0.6 is 0 Å². The van der Waals surface area contributed by atoms with E-state index in [0.717, 1.165) is 61.1 Å². The minimum atomic E-state index is -3.67. The summed E-state index contributed by atoms with van der Waals surface area (Å²) in [5, 5.41) is 0. The van der Waals surface area contributed by atoms with Gasteiger partial charge in [-0.25, -0.2) is 0 Å². The van der Waals surface area contributed by atoms with Crippen molar-refractivity contribution in [1.82, 2.24) is 0 Å². The lowest BCUT2D eigenvalue weighted by Gasteiger charge is -2.21. The van der Waals surface area contributed by atoms with Gasteiger partial charge in [-0.3, -0.25) is 0 Å². The van der Waals surface area contributed by atoms with Crippen molar-refractivity contribution >= 4 is 0 Å². The molecular weight excluding hydrogens is 420 g/mol. The van der Waals surface area contributed by atoms with Crippen LogP contribution in [0.4, 0.5) is 17.6 Å². The van der Waals surface area contributed by atoms with Gasteiger partial charge in [0.1, 0.15) is 11.5 Å². The fourth-order valence-corrected chi connectivity index (χ4v) is 3.30. The molecule has 3 rings (SSSR count). The number of rotatable bonds is 10. The maximum absolute atomic E-state index is 14.5. The molecule has 3 aromatic carbocycles. The normalized spacial score (nSPS) is 11.9. The number of hydrogen-bond donors (Lipinski definition) is 0. The summed E-state index contributed by atoms with van der Waals surface area (Å²) >= 11 is 0. The smallest absolute Gasteiger partial charge is 0.426 e. The highest BCUT2D eigenvalue weighted by Crippen LogP contribution is 2.35. The first kappa shape index (κ1) is 23.6. The molecule has 0 aliphatic rings. The minimum absolute atomic E-state index is 0.000822. The second-order valence-electron chi connectivity index (χ2n) is 7.60. The van der Waals surface area contributed by atoms with Gasteiger partial charge in [-0.2, -0.15) is 17.6 Å². The summed E-state index contributed by atoms with van der Waals surface area (Å²) in [5.74, 6) is -0.00164. The van der Waals surface area contributed by atoms with Crippen LogP contribution in [0, 0.1) is 0 Å². The van der Waals surface area contributed by atoms with Crippen molar-refractivity contribution in [2.45, 2.75) is 51.7 Å². The van der Waals surface area contributed by atoms with Crippen LogP contribution in [0.5, 0.6) is 11.5 Å². The Morgan fingerprint density at radius 2 is 0.844 bits per heavy atom. The molecule has 0 spiro atoms. The van der Waals surface area contributed by atoms with Crippen molar-refractivity contribution in [3.8, 4) is 11.5 Å². The van der Waals surface area contributed by atoms with E-state index in [1.807, 2.05) is 13.8 Å². The zero-order chi connectivity index (χ0) is 23.2. The molecule has 0 fully saturated rings. The Bertz CT molecular complexity index is 899. The molecule has 0 bridgehead atoms. The van der Waals surface area contributed by atoms with Crippen molar-refractivity contribution in [3.05, 3.63) is 95.1 Å². The second-order valence-corrected chi connectivity index (χ2v) is 7.60. The Morgan fingerprint density at radius 3 is 1.12 bits per heavy atom. The molecule has 0 heterocycles. The zero-order valence-electron chi connectivity index (χ0n) is 18.1. The molecule has 32 heavy (non-hydrogen) atoms. The summed E-state index contributed by atoms with van der Waals surface area (Å²) < 4.78 is 67.7. The molecule has 0 radical (unpaired) electrons. The summed E-state index contributed by atoms with van der Waals surface area (Å²) in [5.41, 5.74) is 0.988. The fourth-order valence-electron chi connectivity index (χ4n) is 3.30. The predicted octanol–water partition coefficient (Wildman–Crippen LogP) is 7.85. The molecule has 0 saturated carbocycles. The van der Waals surface area contributed by atoms with Crippen LogP contribution in [-0.4, -0.2) is 0 Å². The second kappa shape index (κ2) is 10.1. The summed E-state index contributed by atoms with van der Waals surface area (Å²) in [6.45, 7) is 4.06. The number of alkyl halides is 4. The Kier molecular flexibility index (Phi) is 7.44. The SMILES string of the molecule is CCCc1ccc(OC(F)(F)c2ccc(C(F)(F)Oc3ccc(CCC)cc3)cc2)cc1. The largest absolute Gasteiger partial charge is 0.429 e. The van der Waals surface area contributed by atoms with Crippen LogP contribution in [0.3, 0.4) is 0 Å². The molecule has 0 unspecified atom stereocenters. The number of hydrogen-bond acceptors (Lipinski definition) is 2. The van der Waals surface area contributed by atoms with E-state index in [1.165, 1.54) is 24.3 Å². The van der Waals surface area contributed by atoms with E-state index in [4.69, 9.17) is 9.47 Å². The Labute approximate surface area is 185 Å². The first-order valence-corrected chi connectivity index (χ1v) is 10.7. The first-order chi connectivity index (χ1) is 15.2.